The van der Waals surface area contributed by atoms with Gasteiger partial charge in [0.15, 0.2) is 0 Å². The van der Waals surface area contributed by atoms with Crippen LogP contribution in [0.3, 0.4) is 0 Å². The van der Waals surface area contributed by atoms with Crippen LogP contribution in [0.5, 0.6) is 5.75 Å². The summed E-state index contributed by atoms with van der Waals surface area (Å²) in [6, 6.07) is 11.9. The summed E-state index contributed by atoms with van der Waals surface area (Å²) in [4.78, 5) is 14.4. The number of hydrogen-bond acceptors (Lipinski definition) is 4. The van der Waals surface area contributed by atoms with Gasteiger partial charge in [-0.2, -0.15) is 0 Å². The van der Waals surface area contributed by atoms with Crippen molar-refractivity contribution in [1.82, 2.24) is 5.32 Å². The Morgan fingerprint density at radius 1 is 1.33 bits per heavy atom. The van der Waals surface area contributed by atoms with Crippen LogP contribution in [0, 0.1) is 0 Å². The largest absolute Gasteiger partial charge is 0.497 e. The first kappa shape index (κ1) is 15.9. The molecule has 0 fully saturated rings. The molecular weight excluding hydrogens is 302 g/mol. The highest BCUT2D eigenvalue weighted by Gasteiger charge is 2.13. The second-order valence-electron chi connectivity index (χ2n) is 4.56. The van der Waals surface area contributed by atoms with E-state index in [0.717, 1.165) is 17.1 Å². The van der Waals surface area contributed by atoms with Gasteiger partial charge < -0.3 is 10.1 Å². The van der Waals surface area contributed by atoms with Crippen LogP contribution in [-0.4, -0.2) is 24.8 Å². The van der Waals surface area contributed by atoms with Gasteiger partial charge in [0.1, 0.15) is 5.75 Å². The first-order valence-electron chi connectivity index (χ1n) is 6.80. The highest BCUT2D eigenvalue weighted by atomic mass is 32.2. The highest BCUT2D eigenvalue weighted by Crippen LogP contribution is 2.25. The molecule has 1 heterocycles. The molecule has 1 atom stereocenters. The predicted octanol–water partition coefficient (Wildman–Crippen LogP) is 3.60. The average Bonchev–Trinajstić information content (AvgIpc) is 3.01. The highest BCUT2D eigenvalue weighted by molar-refractivity contribution is 8.00. The van der Waals surface area contributed by atoms with Gasteiger partial charge in [0.25, 0.3) is 0 Å². The average molecular weight is 321 g/mol. The molecule has 21 heavy (non-hydrogen) atoms. The molecule has 112 valence electrons. The normalized spacial score (nSPS) is 11.9. The fourth-order valence-electron chi connectivity index (χ4n) is 1.82. The van der Waals surface area contributed by atoms with Gasteiger partial charge in [-0.1, -0.05) is 6.07 Å². The molecule has 1 aromatic carbocycles. The summed E-state index contributed by atoms with van der Waals surface area (Å²) in [5.41, 5.74) is 0. The molecule has 2 rings (SSSR count). The second-order valence-corrected chi connectivity index (χ2v) is 7.00. The van der Waals surface area contributed by atoms with Gasteiger partial charge in [-0.3, -0.25) is 4.79 Å². The number of amides is 1. The molecule has 0 aliphatic heterocycles. The lowest BCUT2D eigenvalue weighted by molar-refractivity contribution is -0.120. The van der Waals surface area contributed by atoms with Crippen LogP contribution < -0.4 is 10.1 Å². The van der Waals surface area contributed by atoms with E-state index in [4.69, 9.17) is 4.74 Å². The molecule has 0 aliphatic rings. The van der Waals surface area contributed by atoms with Crippen molar-refractivity contribution in [2.75, 3.05) is 13.7 Å². The summed E-state index contributed by atoms with van der Waals surface area (Å²) in [5.74, 6) is 0.903. The molecule has 1 N–H and O–H groups in total. The van der Waals surface area contributed by atoms with Crippen LogP contribution in [0.4, 0.5) is 0 Å². The smallest absolute Gasteiger partial charge is 0.233 e. The van der Waals surface area contributed by atoms with Crippen molar-refractivity contribution >= 4 is 29.0 Å². The summed E-state index contributed by atoms with van der Waals surface area (Å²) in [5, 5.41) is 4.93. The number of thioether (sulfide) groups is 1. The molecule has 0 unspecified atom stereocenters. The van der Waals surface area contributed by atoms with Gasteiger partial charge >= 0.3 is 0 Å². The third-order valence-electron chi connectivity index (χ3n) is 2.99. The third kappa shape index (κ3) is 5.10. The molecular formula is C16H19NO2S2. The Morgan fingerprint density at radius 2 is 2.10 bits per heavy atom. The molecule has 2 aromatic rings. The van der Waals surface area contributed by atoms with Gasteiger partial charge in [0, 0.05) is 16.3 Å². The lowest BCUT2D eigenvalue weighted by Gasteiger charge is -2.12. The van der Waals surface area contributed by atoms with Crippen LogP contribution in [0.15, 0.2) is 46.7 Å². The van der Waals surface area contributed by atoms with E-state index in [2.05, 4.69) is 16.8 Å². The first-order valence-corrected chi connectivity index (χ1v) is 8.56. The zero-order valence-corrected chi connectivity index (χ0v) is 13.8. The van der Waals surface area contributed by atoms with Crippen LogP contribution in [0.25, 0.3) is 0 Å². The zero-order chi connectivity index (χ0) is 15.1. The Bertz CT molecular complexity index is 552. The maximum atomic E-state index is 12.0. The van der Waals surface area contributed by atoms with Gasteiger partial charge in [-0.15, -0.1) is 23.1 Å². The molecule has 0 spiro atoms. The van der Waals surface area contributed by atoms with Crippen LogP contribution in [-0.2, 0) is 11.2 Å². The van der Waals surface area contributed by atoms with E-state index in [0.29, 0.717) is 6.54 Å². The SMILES string of the molecule is COc1ccc(S[C@H](C)C(=O)NCCc2cccs2)cc1. The van der Waals surface area contributed by atoms with Crippen molar-refractivity contribution in [3.05, 3.63) is 46.7 Å². The fourth-order valence-corrected chi connectivity index (χ4v) is 3.42. The lowest BCUT2D eigenvalue weighted by atomic mass is 10.3. The molecule has 1 amide bonds. The molecule has 0 saturated heterocycles. The Hall–Kier alpha value is -1.46. The molecule has 0 bridgehead atoms. The topological polar surface area (TPSA) is 38.3 Å². The molecule has 5 heteroatoms. The van der Waals surface area contributed by atoms with E-state index in [9.17, 15) is 4.79 Å². The van der Waals surface area contributed by atoms with Crippen molar-refractivity contribution in [3.63, 3.8) is 0 Å². The third-order valence-corrected chi connectivity index (χ3v) is 5.04. The number of carbonyl (C=O) groups excluding carboxylic acids is 1. The zero-order valence-electron chi connectivity index (χ0n) is 12.2. The fraction of sp³-hybridized carbons (Fsp3) is 0.312. The number of methoxy groups -OCH3 is 1. The molecule has 0 radical (unpaired) electrons. The lowest BCUT2D eigenvalue weighted by Crippen LogP contribution is -2.32. The minimum absolute atomic E-state index is 0.0763. The van der Waals surface area contributed by atoms with Gasteiger partial charge in [-0.25, -0.2) is 0 Å². The van der Waals surface area contributed by atoms with Crippen molar-refractivity contribution in [2.45, 2.75) is 23.5 Å². The standard InChI is InChI=1S/C16H19NO2S2/c1-12(21-15-7-5-13(19-2)6-8-15)16(18)17-10-9-14-4-3-11-20-14/h3-8,11-12H,9-10H2,1-2H3,(H,17,18)/t12-/m1/s1. The number of benzene rings is 1. The molecule has 0 aliphatic carbocycles. The maximum Gasteiger partial charge on any atom is 0.233 e. The summed E-state index contributed by atoms with van der Waals surface area (Å²) >= 11 is 3.27. The minimum Gasteiger partial charge on any atom is -0.497 e. The number of ether oxygens (including phenoxy) is 1. The molecule has 0 saturated carbocycles. The van der Waals surface area contributed by atoms with Gasteiger partial charge in [0.05, 0.1) is 12.4 Å². The summed E-state index contributed by atoms with van der Waals surface area (Å²) < 4.78 is 5.12. The number of rotatable bonds is 7. The predicted molar refractivity (Wildman–Crippen MR) is 89.3 cm³/mol. The monoisotopic (exact) mass is 321 g/mol. The van der Waals surface area contributed by atoms with Crippen molar-refractivity contribution < 1.29 is 9.53 Å². The molecule has 3 nitrogen and oxygen atoms in total. The van der Waals surface area contributed by atoms with Crippen molar-refractivity contribution in [2.24, 2.45) is 0 Å². The number of hydrogen-bond donors (Lipinski definition) is 1. The van der Waals surface area contributed by atoms with Gasteiger partial charge in [0.2, 0.25) is 5.91 Å². The summed E-state index contributed by atoms with van der Waals surface area (Å²) in [7, 11) is 1.64. The van der Waals surface area contributed by atoms with E-state index >= 15 is 0 Å². The van der Waals surface area contributed by atoms with E-state index in [1.807, 2.05) is 37.3 Å². The summed E-state index contributed by atoms with van der Waals surface area (Å²) in [6.45, 7) is 2.61. The minimum atomic E-state index is -0.110. The Labute approximate surface area is 133 Å². The van der Waals surface area contributed by atoms with Crippen molar-refractivity contribution in [3.8, 4) is 5.75 Å². The van der Waals surface area contributed by atoms with E-state index < -0.39 is 0 Å². The number of carbonyl (C=O) groups is 1. The quantitative estimate of drug-likeness (QED) is 0.792. The van der Waals surface area contributed by atoms with Crippen LogP contribution in [0.1, 0.15) is 11.8 Å². The Kier molecular flexibility index (Phi) is 6.14. The maximum absolute atomic E-state index is 12.0. The van der Waals surface area contributed by atoms with Crippen LogP contribution >= 0.6 is 23.1 Å². The number of thiophene rings is 1. The van der Waals surface area contributed by atoms with Crippen molar-refractivity contribution in [1.29, 1.82) is 0 Å². The second kappa shape index (κ2) is 8.10. The van der Waals surface area contributed by atoms with Gasteiger partial charge in [-0.05, 0) is 49.1 Å². The van der Waals surface area contributed by atoms with E-state index in [-0.39, 0.29) is 11.2 Å². The summed E-state index contributed by atoms with van der Waals surface area (Å²) in [6.07, 6.45) is 0.892. The number of nitrogens with one attached hydrogen (secondary N) is 1. The Balaban J connectivity index is 1.76. The first-order chi connectivity index (χ1) is 10.2. The molecule has 1 aromatic heterocycles. The van der Waals surface area contributed by atoms with E-state index in [1.54, 1.807) is 30.2 Å². The van der Waals surface area contributed by atoms with Crippen LogP contribution in [0.2, 0.25) is 0 Å². The Morgan fingerprint density at radius 3 is 2.71 bits per heavy atom. The van der Waals surface area contributed by atoms with E-state index in [1.165, 1.54) is 4.88 Å².